The first-order chi connectivity index (χ1) is 11.0. The minimum Gasteiger partial charge on any atom is -0.212 e. The summed E-state index contributed by atoms with van der Waals surface area (Å²) in [5, 5.41) is 4.41. The molecule has 0 radical (unpaired) electrons. The maximum absolute atomic E-state index is 13.4. The van der Waals surface area contributed by atoms with Crippen molar-refractivity contribution >= 4 is 19.7 Å². The second-order valence-electron chi connectivity index (χ2n) is 4.99. The molecule has 0 unspecified atom stereocenters. The minimum absolute atomic E-state index is 0.101. The second kappa shape index (κ2) is 4.90. The van der Waals surface area contributed by atoms with Gasteiger partial charge in [0, 0.05) is 21.8 Å². The van der Waals surface area contributed by atoms with Crippen LogP contribution in [0, 0.1) is 0 Å². The summed E-state index contributed by atoms with van der Waals surface area (Å²) in [6.45, 7) is 0. The van der Waals surface area contributed by atoms with Crippen LogP contribution in [-0.2, 0) is 0 Å². The Kier molecular flexibility index (Phi) is 3.40. The topological polar surface area (TPSA) is 38.7 Å². The van der Waals surface area contributed by atoms with Crippen LogP contribution in [0.4, 0.5) is 15.5 Å². The van der Waals surface area contributed by atoms with E-state index >= 15 is 0 Å². The fraction of sp³-hybridized carbons (Fsp3) is 0. The molecule has 0 bridgehead atoms. The van der Waals surface area contributed by atoms with Crippen LogP contribution in [0.25, 0.3) is 22.5 Å². The Morgan fingerprint density at radius 3 is 1.58 bits per heavy atom. The van der Waals surface area contributed by atoms with Crippen LogP contribution in [0.3, 0.4) is 0 Å². The number of aromatic nitrogens is 3. The van der Waals surface area contributed by atoms with Gasteiger partial charge in [0.15, 0.2) is 0 Å². The van der Waals surface area contributed by atoms with Crippen LogP contribution in [0.5, 0.6) is 0 Å². The molecule has 0 aliphatic rings. The van der Waals surface area contributed by atoms with Crippen LogP contribution >= 0.6 is 19.7 Å². The normalized spacial score (nSPS) is 14.7. The Balaban J connectivity index is 2.30. The molecule has 0 N–H and O–H groups in total. The van der Waals surface area contributed by atoms with Gasteiger partial charge in [0.1, 0.15) is 11.4 Å². The average Bonchev–Trinajstić information content (AvgIpc) is 2.54. The van der Waals surface area contributed by atoms with Gasteiger partial charge in [0.05, 0.1) is 0 Å². The summed E-state index contributed by atoms with van der Waals surface area (Å²) >= 11 is 0. The molecule has 3 nitrogen and oxygen atoms in total. The van der Waals surface area contributed by atoms with E-state index in [4.69, 9.17) is 0 Å². The summed E-state index contributed by atoms with van der Waals surface area (Å²) in [5.41, 5.74) is 0.791. The molecular formula is C15H10ClF4N3S. The molecule has 3 rings (SSSR count). The number of hydrogen-bond acceptors (Lipinski definition) is 3. The van der Waals surface area contributed by atoms with Crippen molar-refractivity contribution in [3.8, 4) is 22.5 Å². The molecule has 0 amide bonds. The van der Waals surface area contributed by atoms with Gasteiger partial charge < -0.3 is 0 Å². The molecule has 1 aromatic heterocycles. The number of hydrogen-bond donors (Lipinski definition) is 0. The van der Waals surface area contributed by atoms with Gasteiger partial charge in [0.2, 0.25) is 0 Å². The highest BCUT2D eigenvalue weighted by molar-refractivity contribution is 8.65. The van der Waals surface area contributed by atoms with E-state index < -0.39 is 14.2 Å². The summed E-state index contributed by atoms with van der Waals surface area (Å²) in [7, 11) is -4.74. The highest BCUT2D eigenvalue weighted by atomic mass is 35.7. The van der Waals surface area contributed by atoms with Gasteiger partial charge in [-0.2, -0.15) is 0 Å². The zero-order valence-corrected chi connectivity index (χ0v) is 13.5. The Morgan fingerprint density at radius 1 is 0.667 bits per heavy atom. The maximum Gasteiger partial charge on any atom is 0.292 e. The molecular weight excluding hydrogens is 366 g/mol. The lowest BCUT2D eigenvalue weighted by Gasteiger charge is -2.39. The van der Waals surface area contributed by atoms with Crippen LogP contribution in [0.15, 0.2) is 65.8 Å². The van der Waals surface area contributed by atoms with Gasteiger partial charge in [-0.3, -0.25) is 0 Å². The molecule has 0 saturated heterocycles. The molecule has 0 fully saturated rings. The first kappa shape index (κ1) is 16.7. The fourth-order valence-corrected chi connectivity index (χ4v) is 2.72. The molecule has 0 spiro atoms. The highest BCUT2D eigenvalue weighted by Crippen LogP contribution is 3.03. The number of benzene rings is 2. The van der Waals surface area contributed by atoms with E-state index in [1.807, 2.05) is 0 Å². The van der Waals surface area contributed by atoms with Crippen LogP contribution in [-0.4, -0.2) is 15.2 Å². The zero-order valence-electron chi connectivity index (χ0n) is 11.9. The van der Waals surface area contributed by atoms with Crippen molar-refractivity contribution in [3.05, 3.63) is 60.7 Å². The molecule has 9 heteroatoms. The van der Waals surface area contributed by atoms with E-state index in [-0.39, 0.29) is 11.4 Å². The third kappa shape index (κ3) is 3.49. The Morgan fingerprint density at radius 2 is 1.12 bits per heavy atom. The van der Waals surface area contributed by atoms with Crippen LogP contribution in [0.1, 0.15) is 0 Å². The molecule has 2 aromatic carbocycles. The van der Waals surface area contributed by atoms with Crippen molar-refractivity contribution < 1.29 is 15.5 Å². The summed E-state index contributed by atoms with van der Waals surface area (Å²) in [4.78, 5) is 3.38. The second-order valence-corrected chi connectivity index (χ2v) is 9.16. The van der Waals surface area contributed by atoms with Gasteiger partial charge in [-0.15, -0.1) is 25.7 Å². The van der Waals surface area contributed by atoms with Crippen molar-refractivity contribution in [1.29, 1.82) is 0 Å². The van der Waals surface area contributed by atoms with Gasteiger partial charge in [-0.25, -0.2) is 4.98 Å². The molecule has 0 atom stereocenters. The lowest BCUT2D eigenvalue weighted by molar-refractivity contribution is 0.460. The van der Waals surface area contributed by atoms with Crippen molar-refractivity contribution in [2.45, 2.75) is 5.16 Å². The summed E-state index contributed by atoms with van der Waals surface area (Å²) < 4.78 is 53.8. The molecule has 126 valence electrons. The van der Waals surface area contributed by atoms with Crippen molar-refractivity contribution in [3.63, 3.8) is 0 Å². The third-order valence-electron chi connectivity index (χ3n) is 3.11. The SMILES string of the molecule is FS(F)(F)(F)(Cl)c1nnc(-c2ccccc2)c(-c2ccccc2)n1. The summed E-state index contributed by atoms with van der Waals surface area (Å²) in [6.07, 6.45) is 0. The monoisotopic (exact) mass is 375 g/mol. The first-order valence-electron chi connectivity index (χ1n) is 6.64. The van der Waals surface area contributed by atoms with E-state index in [0.717, 1.165) is 0 Å². The Bertz CT molecular complexity index is 888. The average molecular weight is 376 g/mol. The summed E-state index contributed by atoms with van der Waals surface area (Å²) in [5.74, 6) is 0. The van der Waals surface area contributed by atoms with Gasteiger partial charge in [0.25, 0.3) is 14.2 Å². The quantitative estimate of drug-likeness (QED) is 0.517. The predicted molar refractivity (Wildman–Crippen MR) is 86.8 cm³/mol. The van der Waals surface area contributed by atoms with Crippen molar-refractivity contribution in [1.82, 2.24) is 15.2 Å². The van der Waals surface area contributed by atoms with Crippen molar-refractivity contribution in [2.75, 3.05) is 0 Å². The van der Waals surface area contributed by atoms with E-state index in [1.165, 1.54) is 0 Å². The fourth-order valence-electron chi connectivity index (χ4n) is 2.06. The van der Waals surface area contributed by atoms with Crippen molar-refractivity contribution in [2.24, 2.45) is 0 Å². The van der Waals surface area contributed by atoms with E-state index in [0.29, 0.717) is 11.1 Å². The lowest BCUT2D eigenvalue weighted by atomic mass is 10.0. The molecule has 0 aliphatic carbocycles. The largest absolute Gasteiger partial charge is 0.292 e. The van der Waals surface area contributed by atoms with Gasteiger partial charge in [-0.1, -0.05) is 60.7 Å². The standard InChI is InChI=1S/C15H10ClF4N3S/c16-24(17,18,19,20)15-21-13(11-7-3-1-4-8-11)14(22-23-15)12-9-5-2-6-10-12/h1-10H. The first-order valence-corrected chi connectivity index (χ1v) is 9.52. The summed E-state index contributed by atoms with van der Waals surface area (Å²) in [6, 6.07) is 16.4. The van der Waals surface area contributed by atoms with Gasteiger partial charge in [-0.05, 0) is 0 Å². The number of halogens is 5. The lowest BCUT2D eigenvalue weighted by Crippen LogP contribution is -2.12. The van der Waals surface area contributed by atoms with Gasteiger partial charge >= 0.3 is 0 Å². The van der Waals surface area contributed by atoms with Crippen LogP contribution < -0.4 is 0 Å². The predicted octanol–water partition coefficient (Wildman–Crippen LogP) is 6.13. The Hall–Kier alpha value is -2.19. The maximum atomic E-state index is 13.4. The van der Waals surface area contributed by atoms with E-state index in [9.17, 15) is 15.5 Å². The number of nitrogens with zero attached hydrogens (tertiary/aromatic N) is 3. The zero-order chi connectivity index (χ0) is 17.5. The third-order valence-corrected chi connectivity index (χ3v) is 4.38. The minimum atomic E-state index is -9.05. The molecule has 3 aromatic rings. The van der Waals surface area contributed by atoms with E-state index in [2.05, 4.69) is 25.9 Å². The van der Waals surface area contributed by atoms with Crippen LogP contribution in [0.2, 0.25) is 0 Å². The number of rotatable bonds is 3. The smallest absolute Gasteiger partial charge is 0.212 e. The molecule has 1 heterocycles. The van der Waals surface area contributed by atoms with E-state index in [1.54, 1.807) is 60.7 Å². The molecule has 0 saturated carbocycles. The molecule has 0 aliphatic heterocycles. The highest BCUT2D eigenvalue weighted by Gasteiger charge is 2.67. The molecule has 24 heavy (non-hydrogen) atoms. The Labute approximate surface area is 139 Å².